The van der Waals surface area contributed by atoms with Gasteiger partial charge in [0.05, 0.1) is 0 Å². The molecule has 0 radical (unpaired) electrons. The molecule has 0 rings (SSSR count). The lowest BCUT2D eigenvalue weighted by molar-refractivity contribution is -0.137. The van der Waals surface area contributed by atoms with Crippen molar-refractivity contribution in [1.82, 2.24) is 10.2 Å². The van der Waals surface area contributed by atoms with Crippen molar-refractivity contribution in [2.75, 3.05) is 13.1 Å². The number of rotatable bonds is 8. The van der Waals surface area contributed by atoms with E-state index in [2.05, 4.69) is 19.2 Å². The predicted octanol–water partition coefficient (Wildman–Crippen LogP) is 2.32. The number of amides is 2. The first-order chi connectivity index (χ1) is 8.34. The first-order valence-corrected chi connectivity index (χ1v) is 6.60. The molecule has 18 heavy (non-hydrogen) atoms. The van der Waals surface area contributed by atoms with Crippen molar-refractivity contribution in [2.45, 2.75) is 53.0 Å². The minimum atomic E-state index is -0.820. The van der Waals surface area contributed by atoms with E-state index in [-0.39, 0.29) is 18.5 Å². The molecule has 0 unspecified atom stereocenters. The molecular formula is C13H26N2O3. The Morgan fingerprint density at radius 3 is 2.28 bits per heavy atom. The molecule has 2 amide bonds. The second-order valence-corrected chi connectivity index (χ2v) is 5.20. The van der Waals surface area contributed by atoms with Gasteiger partial charge in [0.15, 0.2) is 0 Å². The molecule has 0 aromatic heterocycles. The maximum Gasteiger partial charge on any atom is 0.317 e. The van der Waals surface area contributed by atoms with Crippen LogP contribution in [0.4, 0.5) is 4.79 Å². The number of hydrogen-bond donors (Lipinski definition) is 2. The third kappa shape index (κ3) is 7.92. The van der Waals surface area contributed by atoms with E-state index < -0.39 is 5.97 Å². The number of carboxylic acid groups (broad SMARTS) is 1. The molecule has 0 aliphatic heterocycles. The summed E-state index contributed by atoms with van der Waals surface area (Å²) in [7, 11) is 0. The highest BCUT2D eigenvalue weighted by Gasteiger charge is 2.16. The Morgan fingerprint density at radius 1 is 1.22 bits per heavy atom. The van der Waals surface area contributed by atoms with Crippen LogP contribution in [0.15, 0.2) is 0 Å². The lowest BCUT2D eigenvalue weighted by atomic mass is 10.1. The number of nitrogens with one attached hydrogen (secondary N) is 1. The van der Waals surface area contributed by atoms with Gasteiger partial charge in [0.2, 0.25) is 0 Å². The van der Waals surface area contributed by atoms with E-state index in [1.165, 1.54) is 0 Å². The number of carbonyl (C=O) groups is 2. The Morgan fingerprint density at radius 2 is 1.83 bits per heavy atom. The molecular weight excluding hydrogens is 232 g/mol. The van der Waals surface area contributed by atoms with Gasteiger partial charge in [0, 0.05) is 25.6 Å². The second kappa shape index (κ2) is 8.78. The van der Waals surface area contributed by atoms with Gasteiger partial charge >= 0.3 is 12.0 Å². The molecule has 0 atom stereocenters. The van der Waals surface area contributed by atoms with Gasteiger partial charge in [0.25, 0.3) is 0 Å². The Labute approximate surface area is 110 Å². The zero-order valence-electron chi connectivity index (χ0n) is 11.9. The monoisotopic (exact) mass is 258 g/mol. The number of carboxylic acids is 1. The number of carbonyl (C=O) groups excluding carboxylic acids is 1. The normalized spacial score (nSPS) is 10.8. The van der Waals surface area contributed by atoms with Crippen LogP contribution in [0.1, 0.15) is 47.0 Å². The fourth-order valence-electron chi connectivity index (χ4n) is 1.56. The molecule has 0 aliphatic rings. The lowest BCUT2D eigenvalue weighted by Gasteiger charge is -2.27. The summed E-state index contributed by atoms with van der Waals surface area (Å²) < 4.78 is 0. The largest absolute Gasteiger partial charge is 0.481 e. The molecule has 5 heteroatoms. The molecule has 0 saturated heterocycles. The van der Waals surface area contributed by atoms with Gasteiger partial charge in [0.1, 0.15) is 0 Å². The van der Waals surface area contributed by atoms with Gasteiger partial charge in [-0.3, -0.25) is 4.79 Å². The van der Waals surface area contributed by atoms with E-state index in [1.54, 1.807) is 4.90 Å². The fourth-order valence-corrected chi connectivity index (χ4v) is 1.56. The summed E-state index contributed by atoms with van der Waals surface area (Å²) in [5, 5.41) is 11.5. The standard InChI is InChI=1S/C13H26N2O3/c1-10(2)7-8-14-13(18)15(11(3)4)9-5-6-12(16)17/h10-11H,5-9H2,1-4H3,(H,14,18)(H,16,17). The number of aliphatic carboxylic acids is 1. The van der Waals surface area contributed by atoms with Gasteiger partial charge in [-0.15, -0.1) is 0 Å². The van der Waals surface area contributed by atoms with Gasteiger partial charge in [-0.25, -0.2) is 4.79 Å². The molecule has 0 heterocycles. The topological polar surface area (TPSA) is 69.6 Å². The van der Waals surface area contributed by atoms with Crippen molar-refractivity contribution in [2.24, 2.45) is 5.92 Å². The van der Waals surface area contributed by atoms with E-state index in [0.29, 0.717) is 25.4 Å². The second-order valence-electron chi connectivity index (χ2n) is 5.20. The first-order valence-electron chi connectivity index (χ1n) is 6.60. The number of nitrogens with zero attached hydrogens (tertiary/aromatic N) is 1. The SMILES string of the molecule is CC(C)CCNC(=O)N(CCCC(=O)O)C(C)C. The Balaban J connectivity index is 4.07. The highest BCUT2D eigenvalue weighted by Crippen LogP contribution is 2.03. The molecule has 106 valence electrons. The van der Waals surface area contributed by atoms with Crippen molar-refractivity contribution in [3.63, 3.8) is 0 Å². The number of urea groups is 1. The molecule has 0 fully saturated rings. The van der Waals surface area contributed by atoms with Gasteiger partial charge < -0.3 is 15.3 Å². The van der Waals surface area contributed by atoms with Crippen LogP contribution in [0, 0.1) is 5.92 Å². The Bertz CT molecular complexity index is 265. The van der Waals surface area contributed by atoms with E-state index in [9.17, 15) is 9.59 Å². The highest BCUT2D eigenvalue weighted by atomic mass is 16.4. The van der Waals surface area contributed by atoms with E-state index in [4.69, 9.17) is 5.11 Å². The molecule has 0 aliphatic carbocycles. The maximum atomic E-state index is 11.9. The van der Waals surface area contributed by atoms with Crippen LogP contribution in [0.3, 0.4) is 0 Å². The smallest absolute Gasteiger partial charge is 0.317 e. The average molecular weight is 258 g/mol. The van der Waals surface area contributed by atoms with Crippen LogP contribution < -0.4 is 5.32 Å². The third-order valence-electron chi connectivity index (χ3n) is 2.67. The van der Waals surface area contributed by atoms with Gasteiger partial charge in [-0.05, 0) is 32.6 Å². The van der Waals surface area contributed by atoms with Crippen LogP contribution in [-0.4, -0.2) is 41.1 Å². The van der Waals surface area contributed by atoms with Crippen molar-refractivity contribution >= 4 is 12.0 Å². The summed E-state index contributed by atoms with van der Waals surface area (Å²) >= 11 is 0. The fraction of sp³-hybridized carbons (Fsp3) is 0.846. The summed E-state index contributed by atoms with van der Waals surface area (Å²) in [5.41, 5.74) is 0. The Kier molecular flexibility index (Phi) is 8.16. The van der Waals surface area contributed by atoms with Crippen LogP contribution in [0.5, 0.6) is 0 Å². The van der Waals surface area contributed by atoms with E-state index in [0.717, 1.165) is 6.42 Å². The molecule has 0 aromatic carbocycles. The Hall–Kier alpha value is -1.26. The molecule has 5 nitrogen and oxygen atoms in total. The maximum absolute atomic E-state index is 11.9. The van der Waals surface area contributed by atoms with Crippen LogP contribution in [0.2, 0.25) is 0 Å². The summed E-state index contributed by atoms with van der Waals surface area (Å²) in [6.07, 6.45) is 1.54. The minimum absolute atomic E-state index is 0.0813. The van der Waals surface area contributed by atoms with Crippen LogP contribution >= 0.6 is 0 Å². The van der Waals surface area contributed by atoms with Crippen LogP contribution in [-0.2, 0) is 4.79 Å². The number of hydrogen-bond acceptors (Lipinski definition) is 2. The summed E-state index contributed by atoms with van der Waals surface area (Å²) in [6, 6.07) is -0.0196. The van der Waals surface area contributed by atoms with E-state index in [1.807, 2.05) is 13.8 Å². The van der Waals surface area contributed by atoms with Crippen molar-refractivity contribution in [1.29, 1.82) is 0 Å². The van der Waals surface area contributed by atoms with Crippen molar-refractivity contribution < 1.29 is 14.7 Å². The van der Waals surface area contributed by atoms with E-state index >= 15 is 0 Å². The zero-order valence-corrected chi connectivity index (χ0v) is 11.9. The molecule has 0 aromatic rings. The molecule has 0 saturated carbocycles. The summed E-state index contributed by atoms with van der Waals surface area (Å²) in [6.45, 7) is 9.24. The quantitative estimate of drug-likeness (QED) is 0.702. The van der Waals surface area contributed by atoms with Crippen molar-refractivity contribution in [3.05, 3.63) is 0 Å². The van der Waals surface area contributed by atoms with Crippen molar-refractivity contribution in [3.8, 4) is 0 Å². The molecule has 2 N–H and O–H groups in total. The molecule has 0 spiro atoms. The third-order valence-corrected chi connectivity index (χ3v) is 2.67. The lowest BCUT2D eigenvalue weighted by Crippen LogP contribution is -2.45. The summed E-state index contributed by atoms with van der Waals surface area (Å²) in [4.78, 5) is 24.0. The zero-order chi connectivity index (χ0) is 14.1. The first kappa shape index (κ1) is 16.7. The molecule has 0 bridgehead atoms. The van der Waals surface area contributed by atoms with Crippen LogP contribution in [0.25, 0.3) is 0 Å². The highest BCUT2D eigenvalue weighted by molar-refractivity contribution is 5.74. The van der Waals surface area contributed by atoms with Gasteiger partial charge in [-0.2, -0.15) is 0 Å². The predicted molar refractivity (Wildman–Crippen MR) is 71.6 cm³/mol. The average Bonchev–Trinajstić information content (AvgIpc) is 2.22. The minimum Gasteiger partial charge on any atom is -0.481 e. The summed E-state index contributed by atoms with van der Waals surface area (Å²) in [5.74, 6) is -0.260. The van der Waals surface area contributed by atoms with Gasteiger partial charge in [-0.1, -0.05) is 13.8 Å².